The second-order valence-corrected chi connectivity index (χ2v) is 13.8. The first-order valence-corrected chi connectivity index (χ1v) is 16.6. The smallest absolute Gasteiger partial charge is 0.307 e. The number of rotatable bonds is 8. The van der Waals surface area contributed by atoms with Crippen molar-refractivity contribution in [2.24, 2.45) is 0 Å². The van der Waals surface area contributed by atoms with Crippen molar-refractivity contribution in [1.29, 1.82) is 0 Å². The molecule has 0 fully saturated rings. The zero-order valence-corrected chi connectivity index (χ0v) is 28.3. The van der Waals surface area contributed by atoms with Crippen molar-refractivity contribution in [3.8, 4) is 28.0 Å². The highest BCUT2D eigenvalue weighted by molar-refractivity contribution is 5.90. The first-order valence-electron chi connectivity index (χ1n) is 16.6. The number of aromatic nitrogens is 1. The van der Waals surface area contributed by atoms with Gasteiger partial charge < -0.3 is 14.9 Å². The van der Waals surface area contributed by atoms with Crippen molar-refractivity contribution in [2.45, 2.75) is 85.3 Å². The maximum Gasteiger partial charge on any atom is 0.307 e. The van der Waals surface area contributed by atoms with E-state index in [1.54, 1.807) is 20.8 Å². The molecule has 2 N–H and O–H groups in total. The Balaban J connectivity index is 0.000000807. The number of hydrogen-bond acceptors (Lipinski definition) is 5. The van der Waals surface area contributed by atoms with Crippen LogP contribution in [-0.4, -0.2) is 51.4 Å². The minimum atomic E-state index is -0.859. The number of carboxylic acid groups (broad SMARTS) is 1. The fourth-order valence-electron chi connectivity index (χ4n) is 6.56. The van der Waals surface area contributed by atoms with E-state index in [0.717, 1.165) is 103 Å². The molecule has 3 heterocycles. The van der Waals surface area contributed by atoms with Crippen LogP contribution in [0.1, 0.15) is 72.8 Å². The van der Waals surface area contributed by atoms with Crippen LogP contribution in [0.2, 0.25) is 0 Å². The van der Waals surface area contributed by atoms with Gasteiger partial charge in [0.15, 0.2) is 0 Å². The lowest BCUT2D eigenvalue weighted by molar-refractivity contribution is -0.136. The van der Waals surface area contributed by atoms with Crippen LogP contribution in [0.15, 0.2) is 60.7 Å². The summed E-state index contributed by atoms with van der Waals surface area (Å²) in [5.74, 6) is -0.128. The number of aryl methyl sites for hydroxylation is 4. The summed E-state index contributed by atoms with van der Waals surface area (Å²) in [5.41, 5.74) is 11.0. The Morgan fingerprint density at radius 1 is 0.915 bits per heavy atom. The number of aliphatic hydroxyl groups is 1. The maximum absolute atomic E-state index is 13.2. The predicted octanol–water partition coefficient (Wildman–Crippen LogP) is 7.89. The molecule has 0 unspecified atom stereocenters. The Labute approximate surface area is 278 Å². The monoisotopic (exact) mass is 638 g/mol. The van der Waals surface area contributed by atoms with Gasteiger partial charge >= 0.3 is 5.97 Å². The van der Waals surface area contributed by atoms with E-state index < -0.39 is 11.6 Å². The van der Waals surface area contributed by atoms with Gasteiger partial charge in [0, 0.05) is 30.0 Å². The summed E-state index contributed by atoms with van der Waals surface area (Å²) < 4.78 is 19.1. The molecule has 4 aromatic rings. The minimum absolute atomic E-state index is 0.0765. The van der Waals surface area contributed by atoms with Gasteiger partial charge in [0.05, 0.1) is 18.6 Å². The minimum Gasteiger partial charge on any atom is -0.493 e. The van der Waals surface area contributed by atoms with Gasteiger partial charge in [-0.1, -0.05) is 36.4 Å². The van der Waals surface area contributed by atoms with Gasteiger partial charge in [-0.05, 0) is 142 Å². The topological polar surface area (TPSA) is 82.9 Å². The summed E-state index contributed by atoms with van der Waals surface area (Å²) in [7, 11) is 0. The quantitative estimate of drug-likeness (QED) is 0.204. The van der Waals surface area contributed by atoms with E-state index in [9.17, 15) is 14.3 Å². The molecule has 47 heavy (non-hydrogen) atoms. The van der Waals surface area contributed by atoms with Crippen LogP contribution >= 0.6 is 0 Å². The molecule has 248 valence electrons. The average molecular weight is 639 g/mol. The molecule has 2 aliphatic rings. The molecule has 1 aromatic heterocycles. The first-order chi connectivity index (χ1) is 22.4. The molecule has 0 amide bonds. The third-order valence-electron chi connectivity index (χ3n) is 8.65. The number of hydrogen-bond donors (Lipinski definition) is 2. The van der Waals surface area contributed by atoms with Gasteiger partial charge in [-0.2, -0.15) is 0 Å². The zero-order chi connectivity index (χ0) is 33.7. The molecule has 0 aliphatic carbocycles. The van der Waals surface area contributed by atoms with Crippen LogP contribution in [0.5, 0.6) is 5.75 Å². The van der Waals surface area contributed by atoms with E-state index >= 15 is 0 Å². The van der Waals surface area contributed by atoms with Gasteiger partial charge in [-0.25, -0.2) is 4.39 Å². The number of nitrogens with zero attached hydrogens (tertiary/aromatic N) is 2. The molecule has 0 radical (unpaired) electrons. The number of aliphatic carboxylic acids is 1. The molecule has 0 saturated heterocycles. The Kier molecular flexibility index (Phi) is 10.8. The SMILES string of the molecule is CC(C)(C)O.Cc1nc(C)c(-c2ccc3c(c2)CCN(CCCc2ccc(F)cc2)C3)c(-c2ccc3c(c2)CCCO3)c1CC(=O)O. The lowest BCUT2D eigenvalue weighted by Crippen LogP contribution is -2.31. The lowest BCUT2D eigenvalue weighted by atomic mass is 9.85. The standard InChI is InChI=1S/C36H37FN2O3.C4H10O/c1-23-32(21-34(40)41)36(29-11-14-33-27(20-29)6-4-18-42-33)35(24(2)38-23)28-9-10-30-22-39(17-15-26(30)19-28)16-3-5-25-7-12-31(37)13-8-25;1-4(2,3)5/h7-14,19-20H,3-6,15-18,21-22H2,1-2H3,(H,40,41);5H,1-3H3. The Hall–Kier alpha value is -4.07. The largest absolute Gasteiger partial charge is 0.493 e. The Bertz CT molecular complexity index is 1720. The van der Waals surface area contributed by atoms with Gasteiger partial charge in [0.25, 0.3) is 0 Å². The highest BCUT2D eigenvalue weighted by Crippen LogP contribution is 2.41. The van der Waals surface area contributed by atoms with Crippen molar-refractivity contribution < 1.29 is 24.1 Å². The van der Waals surface area contributed by atoms with E-state index in [4.69, 9.17) is 14.8 Å². The van der Waals surface area contributed by atoms with Crippen LogP contribution in [0.4, 0.5) is 4.39 Å². The van der Waals surface area contributed by atoms with Crippen LogP contribution in [-0.2, 0) is 37.0 Å². The molecule has 3 aromatic carbocycles. The summed E-state index contributed by atoms with van der Waals surface area (Å²) in [6.07, 6.45) is 4.80. The predicted molar refractivity (Wildman–Crippen MR) is 185 cm³/mol. The number of benzene rings is 3. The van der Waals surface area contributed by atoms with Crippen LogP contribution < -0.4 is 4.74 Å². The number of ether oxygens (including phenoxy) is 1. The van der Waals surface area contributed by atoms with Gasteiger partial charge in [-0.3, -0.25) is 14.7 Å². The van der Waals surface area contributed by atoms with Crippen LogP contribution in [0.25, 0.3) is 22.3 Å². The highest BCUT2D eigenvalue weighted by Gasteiger charge is 2.24. The Morgan fingerprint density at radius 3 is 2.32 bits per heavy atom. The fraction of sp³-hybridized carbons (Fsp3) is 0.400. The average Bonchev–Trinajstić information content (AvgIpc) is 3.02. The van der Waals surface area contributed by atoms with E-state index in [0.29, 0.717) is 0 Å². The fourth-order valence-corrected chi connectivity index (χ4v) is 6.56. The van der Waals surface area contributed by atoms with Crippen molar-refractivity contribution in [1.82, 2.24) is 9.88 Å². The second kappa shape index (κ2) is 14.8. The van der Waals surface area contributed by atoms with Crippen molar-refractivity contribution in [2.75, 3.05) is 19.7 Å². The molecule has 6 nitrogen and oxygen atoms in total. The van der Waals surface area contributed by atoms with E-state index in [2.05, 4.69) is 35.2 Å². The summed E-state index contributed by atoms with van der Waals surface area (Å²) in [4.78, 5) is 19.3. The molecular formula is C40H47FN2O4. The van der Waals surface area contributed by atoms with Crippen molar-refractivity contribution >= 4 is 5.97 Å². The van der Waals surface area contributed by atoms with E-state index in [1.807, 2.05) is 32.0 Å². The molecule has 0 atom stereocenters. The van der Waals surface area contributed by atoms with Crippen molar-refractivity contribution in [3.63, 3.8) is 0 Å². The summed E-state index contributed by atoms with van der Waals surface area (Å²) in [5, 5.41) is 18.4. The second-order valence-electron chi connectivity index (χ2n) is 13.8. The molecular weight excluding hydrogens is 591 g/mol. The summed E-state index contributed by atoms with van der Waals surface area (Å²) in [6.45, 7) is 12.8. The van der Waals surface area contributed by atoms with Gasteiger partial charge in [0.2, 0.25) is 0 Å². The lowest BCUT2D eigenvalue weighted by Gasteiger charge is -2.29. The third kappa shape index (κ3) is 9.05. The summed E-state index contributed by atoms with van der Waals surface area (Å²) in [6, 6.07) is 19.8. The van der Waals surface area contributed by atoms with Crippen LogP contribution in [0, 0.1) is 19.7 Å². The van der Waals surface area contributed by atoms with Crippen LogP contribution in [0.3, 0.4) is 0 Å². The molecule has 7 heteroatoms. The number of carbonyl (C=O) groups is 1. The molecule has 2 aliphatic heterocycles. The zero-order valence-electron chi connectivity index (χ0n) is 28.3. The maximum atomic E-state index is 13.2. The third-order valence-corrected chi connectivity index (χ3v) is 8.65. The molecule has 0 bridgehead atoms. The van der Waals surface area contributed by atoms with E-state index in [-0.39, 0.29) is 12.2 Å². The Morgan fingerprint density at radius 2 is 1.60 bits per heavy atom. The number of carboxylic acids is 1. The number of fused-ring (bicyclic) bond motifs is 2. The summed E-state index contributed by atoms with van der Waals surface area (Å²) >= 11 is 0. The number of pyridine rings is 1. The molecule has 0 saturated carbocycles. The van der Waals surface area contributed by atoms with Gasteiger partial charge in [-0.15, -0.1) is 0 Å². The van der Waals surface area contributed by atoms with Crippen molar-refractivity contribution in [3.05, 3.63) is 106 Å². The molecule has 0 spiro atoms. The van der Waals surface area contributed by atoms with Gasteiger partial charge in [0.1, 0.15) is 11.6 Å². The molecule has 6 rings (SSSR count). The number of halogens is 1. The highest BCUT2D eigenvalue weighted by atomic mass is 19.1. The normalized spacial score (nSPS) is 14.4. The van der Waals surface area contributed by atoms with E-state index in [1.165, 1.54) is 34.4 Å². The first kappa shape index (κ1) is 34.3.